The second-order valence-corrected chi connectivity index (χ2v) is 11.1. The van der Waals surface area contributed by atoms with Crippen LogP contribution in [-0.4, -0.2) is 64.2 Å². The van der Waals surface area contributed by atoms with Gasteiger partial charge in [0.05, 0.1) is 36.2 Å². The summed E-state index contributed by atoms with van der Waals surface area (Å²) in [5.41, 5.74) is 0.744. The molecule has 198 valence electrons. The molecule has 0 fully saturated rings. The second-order valence-electron chi connectivity index (χ2n) is 8.42. The fourth-order valence-electron chi connectivity index (χ4n) is 3.41. The number of sulfonamides is 1. The first-order chi connectivity index (χ1) is 16.8. The molecule has 1 N–H and O–H groups in total. The SMILES string of the molecule is COc1ccc(OC)c(N(CC(=O)N(Cc2ccc(Cl)c(Cl)c2)C(C)C(=O)NC(C)C)S(C)(=O)=O)c1. The molecule has 0 aromatic heterocycles. The fourth-order valence-corrected chi connectivity index (χ4v) is 4.57. The maximum Gasteiger partial charge on any atom is 0.244 e. The first-order valence-corrected chi connectivity index (χ1v) is 13.6. The smallest absolute Gasteiger partial charge is 0.244 e. The van der Waals surface area contributed by atoms with Gasteiger partial charge >= 0.3 is 0 Å². The molecule has 1 atom stereocenters. The molecule has 12 heteroatoms. The number of benzene rings is 2. The van der Waals surface area contributed by atoms with E-state index in [4.69, 9.17) is 32.7 Å². The maximum atomic E-state index is 13.6. The van der Waals surface area contributed by atoms with Crippen molar-refractivity contribution in [3.05, 3.63) is 52.0 Å². The number of carbonyl (C=O) groups is 2. The molecule has 2 rings (SSSR count). The molecule has 2 amide bonds. The highest BCUT2D eigenvalue weighted by Gasteiger charge is 2.31. The summed E-state index contributed by atoms with van der Waals surface area (Å²) >= 11 is 12.2. The quantitative estimate of drug-likeness (QED) is 0.449. The van der Waals surface area contributed by atoms with E-state index in [2.05, 4.69) is 5.32 Å². The van der Waals surface area contributed by atoms with E-state index < -0.39 is 28.5 Å². The van der Waals surface area contributed by atoms with Crippen molar-refractivity contribution in [2.75, 3.05) is 31.3 Å². The van der Waals surface area contributed by atoms with Gasteiger partial charge in [-0.25, -0.2) is 8.42 Å². The molecule has 0 aliphatic heterocycles. The Labute approximate surface area is 222 Å². The lowest BCUT2D eigenvalue weighted by molar-refractivity contribution is -0.139. The summed E-state index contributed by atoms with van der Waals surface area (Å²) in [4.78, 5) is 27.7. The van der Waals surface area contributed by atoms with Gasteiger partial charge in [0.1, 0.15) is 24.1 Å². The van der Waals surface area contributed by atoms with Gasteiger partial charge in [0, 0.05) is 18.7 Å². The van der Waals surface area contributed by atoms with Crippen molar-refractivity contribution < 1.29 is 27.5 Å². The largest absolute Gasteiger partial charge is 0.497 e. The van der Waals surface area contributed by atoms with E-state index in [-0.39, 0.29) is 29.9 Å². The molecule has 0 saturated heterocycles. The minimum Gasteiger partial charge on any atom is -0.497 e. The van der Waals surface area contributed by atoms with Gasteiger partial charge in [-0.1, -0.05) is 29.3 Å². The third-order valence-corrected chi connectivity index (χ3v) is 7.13. The van der Waals surface area contributed by atoms with Crippen molar-refractivity contribution in [2.45, 2.75) is 39.4 Å². The Bertz CT molecular complexity index is 1210. The van der Waals surface area contributed by atoms with Gasteiger partial charge in [-0.15, -0.1) is 0 Å². The number of hydrogen-bond acceptors (Lipinski definition) is 6. The molecule has 0 aliphatic rings. The monoisotopic (exact) mass is 559 g/mol. The molecule has 36 heavy (non-hydrogen) atoms. The van der Waals surface area contributed by atoms with Gasteiger partial charge in [-0.2, -0.15) is 0 Å². The van der Waals surface area contributed by atoms with E-state index in [9.17, 15) is 18.0 Å². The second kappa shape index (κ2) is 12.5. The maximum absolute atomic E-state index is 13.6. The molecule has 0 radical (unpaired) electrons. The van der Waals surface area contributed by atoms with Crippen molar-refractivity contribution in [1.29, 1.82) is 0 Å². The molecule has 1 unspecified atom stereocenters. The summed E-state index contributed by atoms with van der Waals surface area (Å²) in [7, 11) is -1.11. The van der Waals surface area contributed by atoms with Gasteiger partial charge in [0.15, 0.2) is 0 Å². The van der Waals surface area contributed by atoms with Crippen LogP contribution in [0, 0.1) is 0 Å². The number of nitrogens with one attached hydrogen (secondary N) is 1. The van der Waals surface area contributed by atoms with Crippen molar-refractivity contribution >= 4 is 50.7 Å². The number of carbonyl (C=O) groups excluding carboxylic acids is 2. The number of halogens is 2. The lowest BCUT2D eigenvalue weighted by Gasteiger charge is -2.32. The zero-order valence-corrected chi connectivity index (χ0v) is 23.4. The summed E-state index contributed by atoms with van der Waals surface area (Å²) < 4.78 is 37.1. The standard InChI is InChI=1S/C24H31Cl2N3O6S/c1-15(2)27-24(31)16(3)28(13-17-7-9-19(25)20(26)11-17)23(30)14-29(36(6,32)33)21-12-18(34-4)8-10-22(21)35-5/h7-12,15-16H,13-14H2,1-6H3,(H,27,31). The molecule has 2 aromatic carbocycles. The molecule has 2 aromatic rings. The summed E-state index contributed by atoms with van der Waals surface area (Å²) in [5, 5.41) is 3.42. The number of rotatable bonds is 11. The van der Waals surface area contributed by atoms with E-state index in [1.54, 1.807) is 51.1 Å². The number of anilines is 1. The van der Waals surface area contributed by atoms with E-state index >= 15 is 0 Å². The first kappa shape index (κ1) is 29.5. The Morgan fingerprint density at radius 2 is 1.67 bits per heavy atom. The molecule has 0 spiro atoms. The van der Waals surface area contributed by atoms with E-state index in [0.717, 1.165) is 10.6 Å². The van der Waals surface area contributed by atoms with Gasteiger partial charge in [-0.05, 0) is 50.6 Å². The van der Waals surface area contributed by atoms with Crippen LogP contribution in [0.1, 0.15) is 26.3 Å². The highest BCUT2D eigenvalue weighted by Crippen LogP contribution is 2.34. The summed E-state index contributed by atoms with van der Waals surface area (Å²) in [6.07, 6.45) is 0.984. The summed E-state index contributed by atoms with van der Waals surface area (Å²) in [6.45, 7) is 4.59. The number of nitrogens with zero attached hydrogens (tertiary/aromatic N) is 2. The number of amides is 2. The first-order valence-electron chi connectivity index (χ1n) is 11.0. The van der Waals surface area contributed by atoms with Crippen LogP contribution in [0.2, 0.25) is 10.0 Å². The zero-order chi connectivity index (χ0) is 27.2. The highest BCUT2D eigenvalue weighted by atomic mass is 35.5. The Morgan fingerprint density at radius 1 is 1.00 bits per heavy atom. The Balaban J connectivity index is 2.50. The van der Waals surface area contributed by atoms with Crippen molar-refractivity contribution in [3.63, 3.8) is 0 Å². The summed E-state index contributed by atoms with van der Waals surface area (Å²) in [5.74, 6) is -0.383. The number of ether oxygens (including phenoxy) is 2. The average molecular weight is 561 g/mol. The fraction of sp³-hybridized carbons (Fsp3) is 0.417. The van der Waals surface area contributed by atoms with Gasteiger partial charge in [0.2, 0.25) is 21.8 Å². The third-order valence-electron chi connectivity index (χ3n) is 5.27. The lowest BCUT2D eigenvalue weighted by atomic mass is 10.1. The normalized spacial score (nSPS) is 12.1. The molecule has 0 heterocycles. The molecule has 0 saturated carbocycles. The van der Waals surface area contributed by atoms with Crippen molar-refractivity contribution in [1.82, 2.24) is 10.2 Å². The van der Waals surface area contributed by atoms with Crippen LogP contribution in [0.25, 0.3) is 0 Å². The zero-order valence-electron chi connectivity index (χ0n) is 21.0. The van der Waals surface area contributed by atoms with Crippen LogP contribution >= 0.6 is 23.2 Å². The topological polar surface area (TPSA) is 105 Å². The van der Waals surface area contributed by atoms with Crippen LogP contribution in [0.4, 0.5) is 5.69 Å². The van der Waals surface area contributed by atoms with Gasteiger partial charge < -0.3 is 19.7 Å². The van der Waals surface area contributed by atoms with Crippen molar-refractivity contribution in [3.8, 4) is 11.5 Å². The Morgan fingerprint density at radius 3 is 2.19 bits per heavy atom. The molecular weight excluding hydrogens is 529 g/mol. The Kier molecular flexibility index (Phi) is 10.3. The Hall–Kier alpha value is -2.69. The van der Waals surface area contributed by atoms with Gasteiger partial charge in [-0.3, -0.25) is 13.9 Å². The van der Waals surface area contributed by atoms with E-state index in [1.807, 2.05) is 0 Å². The number of methoxy groups -OCH3 is 2. The predicted molar refractivity (Wildman–Crippen MR) is 141 cm³/mol. The van der Waals surface area contributed by atoms with Crippen molar-refractivity contribution in [2.24, 2.45) is 0 Å². The van der Waals surface area contributed by atoms with Crippen LogP contribution in [0.3, 0.4) is 0 Å². The lowest BCUT2D eigenvalue weighted by Crippen LogP contribution is -2.52. The van der Waals surface area contributed by atoms with Gasteiger partial charge in [0.25, 0.3) is 0 Å². The van der Waals surface area contributed by atoms with Crippen LogP contribution in [0.5, 0.6) is 11.5 Å². The van der Waals surface area contributed by atoms with E-state index in [1.165, 1.54) is 25.2 Å². The molecule has 9 nitrogen and oxygen atoms in total. The average Bonchev–Trinajstić information content (AvgIpc) is 2.80. The molecular formula is C24H31Cl2N3O6S. The van der Waals surface area contributed by atoms with Crippen LogP contribution < -0.4 is 19.1 Å². The molecule has 0 aliphatic carbocycles. The highest BCUT2D eigenvalue weighted by molar-refractivity contribution is 7.92. The van der Waals surface area contributed by atoms with Crippen LogP contribution in [0.15, 0.2) is 36.4 Å². The summed E-state index contributed by atoms with van der Waals surface area (Å²) in [6, 6.07) is 8.41. The number of hydrogen-bond donors (Lipinski definition) is 1. The molecule has 0 bridgehead atoms. The van der Waals surface area contributed by atoms with Crippen LogP contribution in [-0.2, 0) is 26.2 Å². The van der Waals surface area contributed by atoms with E-state index in [0.29, 0.717) is 21.4 Å². The predicted octanol–water partition coefficient (Wildman–Crippen LogP) is 3.72. The minimum absolute atomic E-state index is 0.00471. The minimum atomic E-state index is -3.94. The third kappa shape index (κ3) is 7.65.